The number of aromatic nitrogens is 2. The van der Waals surface area contributed by atoms with E-state index in [1.807, 2.05) is 0 Å². The highest BCUT2D eigenvalue weighted by Gasteiger charge is 2.11. The summed E-state index contributed by atoms with van der Waals surface area (Å²) >= 11 is 10.3. The van der Waals surface area contributed by atoms with Crippen molar-refractivity contribution in [2.75, 3.05) is 5.88 Å². The molecule has 1 aromatic heterocycles. The van der Waals surface area contributed by atoms with E-state index in [2.05, 4.69) is 26.1 Å². The molecule has 84 valence electrons. The highest BCUT2D eigenvalue weighted by molar-refractivity contribution is 9.10. The molecule has 0 aliphatic carbocycles. The molecule has 0 amide bonds. The highest BCUT2D eigenvalue weighted by atomic mass is 79.9. The van der Waals surface area contributed by atoms with Crippen molar-refractivity contribution in [3.05, 3.63) is 33.5 Å². The largest absolute Gasteiger partial charge is 0.206 e. The minimum absolute atomic E-state index is 0.295. The van der Waals surface area contributed by atoms with Gasteiger partial charge in [-0.1, -0.05) is 27.3 Å². The third-order valence-corrected chi connectivity index (χ3v) is 3.63. The second kappa shape index (κ2) is 5.21. The summed E-state index contributed by atoms with van der Waals surface area (Å²) in [7, 11) is 0. The van der Waals surface area contributed by atoms with Crippen LogP contribution in [0.1, 0.15) is 5.01 Å². The molecular formula is C10H7BrClFN2S. The lowest BCUT2D eigenvalue weighted by molar-refractivity contribution is 0.630. The zero-order valence-electron chi connectivity index (χ0n) is 8.08. The Morgan fingerprint density at radius 3 is 2.94 bits per heavy atom. The van der Waals surface area contributed by atoms with Crippen LogP contribution in [0, 0.1) is 5.82 Å². The molecule has 0 fully saturated rings. The molecule has 0 N–H and O–H groups in total. The van der Waals surface area contributed by atoms with Crippen LogP contribution in [0.2, 0.25) is 0 Å². The molecule has 2 nitrogen and oxygen atoms in total. The standard InChI is InChI=1S/C10H7BrClFN2S/c11-6-1-2-8(13)7(5-6)10-15-14-9(16-10)3-4-12/h1-2,5H,3-4H2. The normalized spacial score (nSPS) is 10.7. The van der Waals surface area contributed by atoms with Crippen LogP contribution in [-0.2, 0) is 6.42 Å². The minimum Gasteiger partial charge on any atom is -0.206 e. The van der Waals surface area contributed by atoms with E-state index < -0.39 is 0 Å². The van der Waals surface area contributed by atoms with Crippen molar-refractivity contribution in [3.63, 3.8) is 0 Å². The van der Waals surface area contributed by atoms with Crippen molar-refractivity contribution < 1.29 is 4.39 Å². The summed E-state index contributed by atoms with van der Waals surface area (Å²) in [5, 5.41) is 9.32. The van der Waals surface area contributed by atoms with Gasteiger partial charge in [0.15, 0.2) is 5.01 Å². The van der Waals surface area contributed by atoms with Crippen molar-refractivity contribution in [2.45, 2.75) is 6.42 Å². The number of alkyl halides is 1. The smallest absolute Gasteiger partial charge is 0.150 e. The van der Waals surface area contributed by atoms with Gasteiger partial charge in [-0.05, 0) is 18.2 Å². The van der Waals surface area contributed by atoms with Crippen molar-refractivity contribution in [1.29, 1.82) is 0 Å². The zero-order valence-corrected chi connectivity index (χ0v) is 11.2. The van der Waals surface area contributed by atoms with Crippen LogP contribution >= 0.6 is 38.9 Å². The molecule has 0 saturated carbocycles. The molecule has 6 heteroatoms. The molecule has 0 atom stereocenters. The van der Waals surface area contributed by atoms with Crippen LogP contribution in [0.3, 0.4) is 0 Å². The molecule has 0 unspecified atom stereocenters. The predicted molar refractivity (Wildman–Crippen MR) is 67.4 cm³/mol. The second-order valence-electron chi connectivity index (χ2n) is 3.06. The zero-order chi connectivity index (χ0) is 11.5. The number of halogens is 3. The van der Waals surface area contributed by atoms with E-state index in [9.17, 15) is 4.39 Å². The topological polar surface area (TPSA) is 25.8 Å². The van der Waals surface area contributed by atoms with Crippen LogP contribution in [-0.4, -0.2) is 16.1 Å². The first-order valence-corrected chi connectivity index (χ1v) is 6.69. The van der Waals surface area contributed by atoms with Gasteiger partial charge in [-0.3, -0.25) is 0 Å². The molecule has 0 radical (unpaired) electrons. The number of nitrogens with zero attached hydrogens (tertiary/aromatic N) is 2. The Labute approximate surface area is 110 Å². The van der Waals surface area contributed by atoms with Crippen molar-refractivity contribution in [1.82, 2.24) is 10.2 Å². The van der Waals surface area contributed by atoms with E-state index in [-0.39, 0.29) is 5.82 Å². The SMILES string of the molecule is Fc1ccc(Br)cc1-c1nnc(CCCl)s1. The predicted octanol–water partition coefficient (Wildman–Crippen LogP) is 3.89. The third kappa shape index (κ3) is 2.59. The fraction of sp³-hybridized carbons (Fsp3) is 0.200. The van der Waals surface area contributed by atoms with Gasteiger partial charge in [0.2, 0.25) is 0 Å². The van der Waals surface area contributed by atoms with Crippen LogP contribution in [0.25, 0.3) is 10.6 Å². The maximum Gasteiger partial charge on any atom is 0.150 e. The van der Waals surface area contributed by atoms with Gasteiger partial charge >= 0.3 is 0 Å². The summed E-state index contributed by atoms with van der Waals surface area (Å²) in [5.74, 6) is 0.201. The van der Waals surface area contributed by atoms with E-state index >= 15 is 0 Å². The summed E-state index contributed by atoms with van der Waals surface area (Å²) in [6.07, 6.45) is 0.662. The number of benzene rings is 1. The fourth-order valence-corrected chi connectivity index (χ4v) is 2.71. The van der Waals surface area contributed by atoms with Crippen molar-refractivity contribution >= 4 is 38.9 Å². The molecule has 0 bridgehead atoms. The molecule has 0 spiro atoms. The summed E-state index contributed by atoms with van der Waals surface area (Å²) in [6, 6.07) is 4.75. The van der Waals surface area contributed by atoms with Gasteiger partial charge in [0.25, 0.3) is 0 Å². The molecule has 0 aliphatic rings. The van der Waals surface area contributed by atoms with E-state index in [1.165, 1.54) is 17.4 Å². The van der Waals surface area contributed by atoms with Crippen molar-refractivity contribution in [2.24, 2.45) is 0 Å². The Hall–Kier alpha value is -0.520. The molecule has 0 aliphatic heterocycles. The summed E-state index contributed by atoms with van der Waals surface area (Å²) in [4.78, 5) is 0. The molecule has 2 rings (SSSR count). The quantitative estimate of drug-likeness (QED) is 0.802. The van der Waals surface area contributed by atoms with Crippen LogP contribution < -0.4 is 0 Å². The van der Waals surface area contributed by atoms with Crippen molar-refractivity contribution in [3.8, 4) is 10.6 Å². The van der Waals surface area contributed by atoms with Gasteiger partial charge in [-0.2, -0.15) is 0 Å². The first-order valence-electron chi connectivity index (χ1n) is 4.54. The Morgan fingerprint density at radius 1 is 1.38 bits per heavy atom. The van der Waals surface area contributed by atoms with E-state index in [1.54, 1.807) is 12.1 Å². The molecule has 1 aromatic carbocycles. The Kier molecular flexibility index (Phi) is 3.89. The van der Waals surface area contributed by atoms with E-state index in [0.717, 1.165) is 9.48 Å². The molecule has 0 saturated heterocycles. The molecule has 16 heavy (non-hydrogen) atoms. The number of rotatable bonds is 3. The van der Waals surface area contributed by atoms with Gasteiger partial charge in [-0.25, -0.2) is 4.39 Å². The Morgan fingerprint density at radius 2 is 2.19 bits per heavy atom. The van der Waals surface area contributed by atoms with Crippen LogP contribution in [0.5, 0.6) is 0 Å². The molecule has 1 heterocycles. The molecular weight excluding hydrogens is 315 g/mol. The van der Waals surface area contributed by atoms with Gasteiger partial charge in [0.05, 0.1) is 0 Å². The summed E-state index contributed by atoms with van der Waals surface area (Å²) in [5.41, 5.74) is 0.465. The van der Waals surface area contributed by atoms with Gasteiger partial charge in [0, 0.05) is 22.3 Å². The van der Waals surface area contributed by atoms with Gasteiger partial charge < -0.3 is 0 Å². The Bertz CT molecular complexity index is 503. The maximum absolute atomic E-state index is 13.5. The summed E-state index contributed by atoms with van der Waals surface area (Å²) < 4.78 is 14.4. The van der Waals surface area contributed by atoms with Crippen LogP contribution in [0.15, 0.2) is 22.7 Å². The minimum atomic E-state index is -0.295. The van der Waals surface area contributed by atoms with Gasteiger partial charge in [-0.15, -0.1) is 21.8 Å². The molecule has 2 aromatic rings. The number of aryl methyl sites for hydroxylation is 1. The first kappa shape index (κ1) is 12.0. The lowest BCUT2D eigenvalue weighted by Gasteiger charge is -1.98. The lowest BCUT2D eigenvalue weighted by Crippen LogP contribution is -1.84. The average Bonchev–Trinajstić information content (AvgIpc) is 2.71. The van der Waals surface area contributed by atoms with E-state index in [0.29, 0.717) is 22.9 Å². The lowest BCUT2D eigenvalue weighted by atomic mass is 10.2. The third-order valence-electron chi connectivity index (χ3n) is 1.93. The fourth-order valence-electron chi connectivity index (χ4n) is 1.21. The van der Waals surface area contributed by atoms with Gasteiger partial charge in [0.1, 0.15) is 10.8 Å². The number of hydrogen-bond donors (Lipinski definition) is 0. The monoisotopic (exact) mass is 320 g/mol. The van der Waals surface area contributed by atoms with E-state index in [4.69, 9.17) is 11.6 Å². The Balaban J connectivity index is 2.38. The highest BCUT2D eigenvalue weighted by Crippen LogP contribution is 2.28. The first-order chi connectivity index (χ1) is 7.70. The van der Waals surface area contributed by atoms with Crippen LogP contribution in [0.4, 0.5) is 4.39 Å². The summed E-state index contributed by atoms with van der Waals surface area (Å²) in [6.45, 7) is 0. The average molecular weight is 322 g/mol. The second-order valence-corrected chi connectivity index (χ2v) is 5.42. The maximum atomic E-state index is 13.5. The number of hydrogen-bond acceptors (Lipinski definition) is 3.